The van der Waals surface area contributed by atoms with Gasteiger partial charge in [0.05, 0.1) is 0 Å². The van der Waals surface area contributed by atoms with Gasteiger partial charge in [0.25, 0.3) is 0 Å². The molecule has 0 aliphatic rings. The van der Waals surface area contributed by atoms with Crippen LogP contribution in [0.2, 0.25) is 0 Å². The highest BCUT2D eigenvalue weighted by Gasteiger charge is 2.17. The first-order valence-electron chi connectivity index (χ1n) is 3.87. The van der Waals surface area contributed by atoms with Crippen LogP contribution in [0.3, 0.4) is 0 Å². The van der Waals surface area contributed by atoms with Crippen molar-refractivity contribution < 1.29 is 19.4 Å². The number of hydrogen-bond donors (Lipinski definition) is 1. The average molecular weight is 186 g/mol. The second-order valence-corrected chi connectivity index (χ2v) is 3.67. The van der Waals surface area contributed by atoms with E-state index in [9.17, 15) is 9.59 Å². The van der Waals surface area contributed by atoms with Gasteiger partial charge in [0.15, 0.2) is 0 Å². The Labute approximate surface area is 77.2 Å². The van der Waals surface area contributed by atoms with Gasteiger partial charge in [-0.1, -0.05) is 0 Å². The molecule has 0 atom stereocenters. The zero-order valence-corrected chi connectivity index (χ0v) is 8.25. The van der Waals surface area contributed by atoms with Crippen LogP contribution in [0.4, 0.5) is 0 Å². The van der Waals surface area contributed by atoms with E-state index in [-0.39, 0.29) is 5.57 Å². The van der Waals surface area contributed by atoms with Gasteiger partial charge in [-0.05, 0) is 27.7 Å². The normalized spacial score (nSPS) is 12.5. The third-order valence-electron chi connectivity index (χ3n) is 1.06. The number of esters is 1. The van der Waals surface area contributed by atoms with E-state index >= 15 is 0 Å². The highest BCUT2D eigenvalue weighted by Crippen LogP contribution is 2.10. The molecule has 0 aromatic carbocycles. The summed E-state index contributed by atoms with van der Waals surface area (Å²) in [5.41, 5.74) is -0.507. The summed E-state index contributed by atoms with van der Waals surface area (Å²) in [6, 6.07) is 0. The number of carbonyl (C=O) groups is 2. The third-order valence-corrected chi connectivity index (χ3v) is 1.06. The molecular formula is C9H14O4. The van der Waals surface area contributed by atoms with Gasteiger partial charge in [-0.25, -0.2) is 9.59 Å². The molecular weight excluding hydrogens is 172 g/mol. The van der Waals surface area contributed by atoms with Gasteiger partial charge in [-0.15, -0.1) is 0 Å². The summed E-state index contributed by atoms with van der Waals surface area (Å²) < 4.78 is 4.93. The van der Waals surface area contributed by atoms with E-state index in [4.69, 9.17) is 9.84 Å². The highest BCUT2D eigenvalue weighted by atomic mass is 16.6. The van der Waals surface area contributed by atoms with Crippen molar-refractivity contribution in [1.29, 1.82) is 0 Å². The summed E-state index contributed by atoms with van der Waals surface area (Å²) >= 11 is 0. The Morgan fingerprint density at radius 1 is 1.31 bits per heavy atom. The zero-order valence-electron chi connectivity index (χ0n) is 8.25. The lowest BCUT2D eigenvalue weighted by Gasteiger charge is -2.19. The molecule has 74 valence electrons. The number of carboxylic acids is 1. The van der Waals surface area contributed by atoms with Gasteiger partial charge in [-0.2, -0.15) is 0 Å². The fraction of sp³-hybridized carbons (Fsp3) is 0.556. The molecule has 13 heavy (non-hydrogen) atoms. The van der Waals surface area contributed by atoms with Crippen molar-refractivity contribution >= 4 is 11.9 Å². The molecule has 0 saturated heterocycles. The summed E-state index contributed by atoms with van der Waals surface area (Å²) in [4.78, 5) is 21.3. The van der Waals surface area contributed by atoms with Crippen molar-refractivity contribution in [3.8, 4) is 0 Å². The summed E-state index contributed by atoms with van der Waals surface area (Å²) in [5.74, 6) is -1.75. The second kappa shape index (κ2) is 4.07. The maximum absolute atomic E-state index is 11.1. The number of carboxylic acid groups (broad SMARTS) is 1. The molecule has 0 rings (SSSR count). The number of carbonyl (C=O) groups excluding carboxylic acids is 1. The van der Waals surface area contributed by atoms with Gasteiger partial charge in [0.2, 0.25) is 0 Å². The molecule has 0 unspecified atom stereocenters. The van der Waals surface area contributed by atoms with Crippen molar-refractivity contribution in [1.82, 2.24) is 0 Å². The van der Waals surface area contributed by atoms with Crippen LogP contribution in [0.5, 0.6) is 0 Å². The number of aliphatic carboxylic acids is 1. The first-order valence-corrected chi connectivity index (χ1v) is 3.87. The first kappa shape index (κ1) is 11.7. The van der Waals surface area contributed by atoms with Gasteiger partial charge in [0, 0.05) is 11.6 Å². The Bertz CT molecular complexity index is 245. The third kappa shape index (κ3) is 5.90. The molecule has 0 aliphatic heterocycles. The Morgan fingerprint density at radius 3 is 2.08 bits per heavy atom. The summed E-state index contributed by atoms with van der Waals surface area (Å²) in [6.45, 7) is 6.57. The van der Waals surface area contributed by atoms with E-state index in [1.54, 1.807) is 20.8 Å². The van der Waals surface area contributed by atoms with E-state index in [0.29, 0.717) is 0 Å². The molecule has 0 aromatic rings. The standard InChI is InChI=1S/C9H14O4/c1-6(5-7(10)11)8(12)13-9(2,3)4/h5H,1-4H3,(H,10,11)/b6-5-. The molecule has 0 fully saturated rings. The fourth-order valence-electron chi connectivity index (χ4n) is 0.603. The van der Waals surface area contributed by atoms with E-state index in [0.717, 1.165) is 6.08 Å². The van der Waals surface area contributed by atoms with Crippen molar-refractivity contribution in [2.24, 2.45) is 0 Å². The first-order chi connectivity index (χ1) is 5.72. The SMILES string of the molecule is C/C(=C/C(=O)O)C(=O)OC(C)(C)C. The number of rotatable bonds is 2. The minimum absolute atomic E-state index is 0.0856. The van der Waals surface area contributed by atoms with E-state index in [2.05, 4.69) is 0 Å². The Kier molecular flexibility index (Phi) is 3.66. The van der Waals surface area contributed by atoms with Gasteiger partial charge in [0.1, 0.15) is 5.60 Å². The van der Waals surface area contributed by atoms with E-state index < -0.39 is 17.5 Å². The average Bonchev–Trinajstić information content (AvgIpc) is 1.81. The predicted octanol–water partition coefficient (Wildman–Crippen LogP) is 1.36. The van der Waals surface area contributed by atoms with Crippen molar-refractivity contribution in [3.63, 3.8) is 0 Å². The molecule has 0 bridgehead atoms. The van der Waals surface area contributed by atoms with Crippen LogP contribution >= 0.6 is 0 Å². The second-order valence-electron chi connectivity index (χ2n) is 3.67. The maximum Gasteiger partial charge on any atom is 0.334 e. The quantitative estimate of drug-likeness (QED) is 0.522. The molecule has 0 amide bonds. The van der Waals surface area contributed by atoms with Crippen LogP contribution < -0.4 is 0 Å². The van der Waals surface area contributed by atoms with Crippen LogP contribution in [0.1, 0.15) is 27.7 Å². The number of ether oxygens (including phenoxy) is 1. The zero-order chi connectivity index (χ0) is 10.6. The molecule has 0 spiro atoms. The summed E-state index contributed by atoms with van der Waals surface area (Å²) in [5, 5.41) is 8.35. The fourth-order valence-corrected chi connectivity index (χ4v) is 0.603. The van der Waals surface area contributed by atoms with Crippen LogP contribution in [-0.2, 0) is 14.3 Å². The van der Waals surface area contributed by atoms with Gasteiger partial charge >= 0.3 is 11.9 Å². The van der Waals surface area contributed by atoms with Gasteiger partial charge in [-0.3, -0.25) is 0 Å². The lowest BCUT2D eigenvalue weighted by molar-refractivity contribution is -0.150. The maximum atomic E-state index is 11.1. The van der Waals surface area contributed by atoms with Gasteiger partial charge < -0.3 is 9.84 Å². The molecule has 4 heteroatoms. The molecule has 0 aromatic heterocycles. The van der Waals surface area contributed by atoms with Crippen LogP contribution in [0, 0.1) is 0 Å². The lowest BCUT2D eigenvalue weighted by atomic mass is 10.2. The van der Waals surface area contributed by atoms with Crippen molar-refractivity contribution in [2.75, 3.05) is 0 Å². The van der Waals surface area contributed by atoms with E-state index in [1.165, 1.54) is 6.92 Å². The Balaban J connectivity index is 4.37. The van der Waals surface area contributed by atoms with Crippen LogP contribution in [0.25, 0.3) is 0 Å². The molecule has 1 N–H and O–H groups in total. The molecule has 0 saturated carbocycles. The van der Waals surface area contributed by atoms with Crippen LogP contribution in [-0.4, -0.2) is 22.6 Å². The highest BCUT2D eigenvalue weighted by molar-refractivity contribution is 5.95. The molecule has 0 aliphatic carbocycles. The summed E-state index contributed by atoms with van der Waals surface area (Å²) in [6.07, 6.45) is 0.827. The Hall–Kier alpha value is -1.32. The largest absolute Gasteiger partial charge is 0.478 e. The smallest absolute Gasteiger partial charge is 0.334 e. The molecule has 4 nitrogen and oxygen atoms in total. The van der Waals surface area contributed by atoms with Crippen molar-refractivity contribution in [3.05, 3.63) is 11.6 Å². The topological polar surface area (TPSA) is 63.6 Å². The Morgan fingerprint density at radius 2 is 1.77 bits per heavy atom. The van der Waals surface area contributed by atoms with E-state index in [1.807, 2.05) is 0 Å². The minimum Gasteiger partial charge on any atom is -0.478 e. The number of hydrogen-bond acceptors (Lipinski definition) is 3. The van der Waals surface area contributed by atoms with Crippen molar-refractivity contribution in [2.45, 2.75) is 33.3 Å². The molecule has 0 heterocycles. The summed E-state index contributed by atoms with van der Waals surface area (Å²) in [7, 11) is 0. The van der Waals surface area contributed by atoms with Crippen LogP contribution in [0.15, 0.2) is 11.6 Å². The monoisotopic (exact) mass is 186 g/mol. The molecule has 0 radical (unpaired) electrons. The lowest BCUT2D eigenvalue weighted by Crippen LogP contribution is -2.24. The minimum atomic E-state index is -1.15. The predicted molar refractivity (Wildman–Crippen MR) is 47.2 cm³/mol.